The second kappa shape index (κ2) is 5.35. The Hall–Kier alpha value is -1.77. The third kappa shape index (κ3) is 3.12. The molecule has 0 aliphatic rings. The number of hydrogen-bond acceptors (Lipinski definition) is 2. The Balaban J connectivity index is 3.07. The van der Waals surface area contributed by atoms with Gasteiger partial charge >= 0.3 is 5.97 Å². The molecule has 1 N–H and O–H groups in total. The van der Waals surface area contributed by atoms with Crippen molar-refractivity contribution in [3.8, 4) is 5.75 Å². The summed E-state index contributed by atoms with van der Waals surface area (Å²) in [6, 6.07) is 5.64. The smallest absolute Gasteiger partial charge is 0.328 e. The minimum Gasteiger partial charge on any atom is -0.496 e. The van der Waals surface area contributed by atoms with Crippen molar-refractivity contribution in [2.75, 3.05) is 7.11 Å². The molecule has 1 aromatic rings. The van der Waals surface area contributed by atoms with Crippen molar-refractivity contribution in [1.29, 1.82) is 0 Å². The molecule has 0 saturated heterocycles. The second-order valence-electron chi connectivity index (χ2n) is 3.83. The number of carboxylic acids is 1. The van der Waals surface area contributed by atoms with Gasteiger partial charge in [-0.15, -0.1) is 0 Å². The number of ether oxygens (including phenoxy) is 1. The Morgan fingerprint density at radius 2 is 2.12 bits per heavy atom. The van der Waals surface area contributed by atoms with E-state index in [0.29, 0.717) is 5.92 Å². The van der Waals surface area contributed by atoms with Gasteiger partial charge in [0.25, 0.3) is 0 Å². The molecule has 0 atom stereocenters. The molecule has 0 amide bonds. The van der Waals surface area contributed by atoms with Gasteiger partial charge in [0, 0.05) is 6.08 Å². The van der Waals surface area contributed by atoms with Crippen LogP contribution in [-0.4, -0.2) is 18.2 Å². The Kier molecular flexibility index (Phi) is 4.11. The minimum absolute atomic E-state index is 0.341. The molecule has 0 aromatic heterocycles. The van der Waals surface area contributed by atoms with Gasteiger partial charge in [0.2, 0.25) is 0 Å². The van der Waals surface area contributed by atoms with Gasteiger partial charge < -0.3 is 9.84 Å². The third-order valence-electron chi connectivity index (χ3n) is 2.29. The van der Waals surface area contributed by atoms with Crippen LogP contribution in [0.4, 0.5) is 0 Å². The molecular formula is C13H16O3. The summed E-state index contributed by atoms with van der Waals surface area (Å²) < 4.78 is 5.25. The summed E-state index contributed by atoms with van der Waals surface area (Å²) in [6.07, 6.45) is 2.71. The van der Waals surface area contributed by atoms with Gasteiger partial charge in [0.1, 0.15) is 5.75 Å². The molecule has 0 aliphatic heterocycles. The van der Waals surface area contributed by atoms with E-state index in [1.807, 2.05) is 18.2 Å². The maximum atomic E-state index is 10.4. The molecular weight excluding hydrogens is 204 g/mol. The quantitative estimate of drug-likeness (QED) is 0.793. The topological polar surface area (TPSA) is 46.5 Å². The van der Waals surface area contributed by atoms with E-state index in [4.69, 9.17) is 9.84 Å². The Bertz CT molecular complexity index is 406. The highest BCUT2D eigenvalue weighted by Crippen LogP contribution is 2.27. The third-order valence-corrected chi connectivity index (χ3v) is 2.29. The zero-order valence-electron chi connectivity index (χ0n) is 9.73. The summed E-state index contributed by atoms with van der Waals surface area (Å²) in [7, 11) is 1.63. The molecule has 0 aliphatic carbocycles. The lowest BCUT2D eigenvalue weighted by atomic mass is 9.99. The van der Waals surface area contributed by atoms with Crippen LogP contribution in [0.3, 0.4) is 0 Å². The number of aliphatic carboxylic acids is 1. The van der Waals surface area contributed by atoms with Gasteiger partial charge in [0.05, 0.1) is 7.11 Å². The van der Waals surface area contributed by atoms with Gasteiger partial charge in [-0.3, -0.25) is 0 Å². The van der Waals surface area contributed by atoms with E-state index in [2.05, 4.69) is 13.8 Å². The summed E-state index contributed by atoms with van der Waals surface area (Å²) >= 11 is 0. The van der Waals surface area contributed by atoms with Crippen LogP contribution >= 0.6 is 0 Å². The highest BCUT2D eigenvalue weighted by atomic mass is 16.5. The first-order chi connectivity index (χ1) is 7.54. The maximum absolute atomic E-state index is 10.4. The van der Waals surface area contributed by atoms with Crippen molar-refractivity contribution >= 4 is 12.0 Å². The molecule has 0 saturated carbocycles. The molecule has 1 aromatic carbocycles. The van der Waals surface area contributed by atoms with Crippen LogP contribution < -0.4 is 4.74 Å². The fourth-order valence-corrected chi connectivity index (χ4v) is 1.48. The molecule has 0 fully saturated rings. The van der Waals surface area contributed by atoms with Gasteiger partial charge in [-0.1, -0.05) is 19.9 Å². The SMILES string of the molecule is COc1ccc(/C=C/C(=O)O)cc1C(C)C. The van der Waals surface area contributed by atoms with E-state index in [0.717, 1.165) is 23.0 Å². The first kappa shape index (κ1) is 12.3. The molecule has 1 rings (SSSR count). The predicted molar refractivity (Wildman–Crippen MR) is 63.8 cm³/mol. The first-order valence-corrected chi connectivity index (χ1v) is 5.13. The predicted octanol–water partition coefficient (Wildman–Crippen LogP) is 2.92. The van der Waals surface area contributed by atoms with E-state index in [1.54, 1.807) is 13.2 Å². The first-order valence-electron chi connectivity index (χ1n) is 5.13. The van der Waals surface area contributed by atoms with Crippen molar-refractivity contribution in [1.82, 2.24) is 0 Å². The highest BCUT2D eigenvalue weighted by molar-refractivity contribution is 5.85. The molecule has 0 radical (unpaired) electrons. The zero-order valence-corrected chi connectivity index (χ0v) is 9.73. The lowest BCUT2D eigenvalue weighted by molar-refractivity contribution is -0.131. The number of rotatable bonds is 4. The van der Waals surface area contributed by atoms with E-state index < -0.39 is 5.97 Å². The summed E-state index contributed by atoms with van der Waals surface area (Å²) in [4.78, 5) is 10.4. The molecule has 3 heteroatoms. The average Bonchev–Trinajstić information content (AvgIpc) is 2.25. The van der Waals surface area contributed by atoms with Crippen LogP contribution in [0.25, 0.3) is 6.08 Å². The monoisotopic (exact) mass is 220 g/mol. The number of methoxy groups -OCH3 is 1. The molecule has 0 bridgehead atoms. The summed E-state index contributed by atoms with van der Waals surface area (Å²) in [6.45, 7) is 4.14. The highest BCUT2D eigenvalue weighted by Gasteiger charge is 2.07. The number of benzene rings is 1. The molecule has 0 unspecified atom stereocenters. The van der Waals surface area contributed by atoms with Gasteiger partial charge in [0.15, 0.2) is 0 Å². The Morgan fingerprint density at radius 1 is 1.44 bits per heavy atom. The van der Waals surface area contributed by atoms with Crippen LogP contribution in [-0.2, 0) is 4.79 Å². The molecule has 3 nitrogen and oxygen atoms in total. The van der Waals surface area contributed by atoms with Crippen LogP contribution in [0.15, 0.2) is 24.3 Å². The fraction of sp³-hybridized carbons (Fsp3) is 0.308. The van der Waals surface area contributed by atoms with Gasteiger partial charge in [-0.25, -0.2) is 4.79 Å². The second-order valence-corrected chi connectivity index (χ2v) is 3.83. The van der Waals surface area contributed by atoms with E-state index in [-0.39, 0.29) is 0 Å². The minimum atomic E-state index is -0.943. The summed E-state index contributed by atoms with van der Waals surface area (Å²) in [5.74, 6) is 0.234. The largest absolute Gasteiger partial charge is 0.496 e. The summed E-state index contributed by atoms with van der Waals surface area (Å²) in [5.41, 5.74) is 1.95. The molecule has 86 valence electrons. The van der Waals surface area contributed by atoms with Crippen LogP contribution in [0.5, 0.6) is 5.75 Å². The van der Waals surface area contributed by atoms with Gasteiger partial charge in [-0.2, -0.15) is 0 Å². The van der Waals surface area contributed by atoms with Crippen LogP contribution in [0.1, 0.15) is 30.9 Å². The average molecular weight is 220 g/mol. The van der Waals surface area contributed by atoms with E-state index in [1.165, 1.54) is 0 Å². The number of carbonyl (C=O) groups is 1. The van der Waals surface area contributed by atoms with Crippen LogP contribution in [0.2, 0.25) is 0 Å². The van der Waals surface area contributed by atoms with Crippen molar-refractivity contribution < 1.29 is 14.6 Å². The van der Waals surface area contributed by atoms with E-state index >= 15 is 0 Å². The van der Waals surface area contributed by atoms with Crippen molar-refractivity contribution in [2.45, 2.75) is 19.8 Å². The van der Waals surface area contributed by atoms with Crippen molar-refractivity contribution in [3.63, 3.8) is 0 Å². The maximum Gasteiger partial charge on any atom is 0.328 e. The Labute approximate surface area is 95.4 Å². The summed E-state index contributed by atoms with van der Waals surface area (Å²) in [5, 5.41) is 8.54. The molecule has 0 spiro atoms. The lowest BCUT2D eigenvalue weighted by Crippen LogP contribution is -1.95. The number of hydrogen-bond donors (Lipinski definition) is 1. The van der Waals surface area contributed by atoms with Gasteiger partial charge in [-0.05, 0) is 35.3 Å². The Morgan fingerprint density at radius 3 is 2.62 bits per heavy atom. The van der Waals surface area contributed by atoms with Crippen LogP contribution in [0, 0.1) is 0 Å². The standard InChI is InChI=1S/C13H16O3/c1-9(2)11-8-10(5-7-13(14)15)4-6-12(11)16-3/h4-9H,1-3H3,(H,14,15)/b7-5+. The van der Waals surface area contributed by atoms with E-state index in [9.17, 15) is 4.79 Å². The fourth-order valence-electron chi connectivity index (χ4n) is 1.48. The molecule has 0 heterocycles. The number of carboxylic acid groups (broad SMARTS) is 1. The zero-order chi connectivity index (χ0) is 12.1. The van der Waals surface area contributed by atoms with Crippen molar-refractivity contribution in [2.24, 2.45) is 0 Å². The van der Waals surface area contributed by atoms with Crippen molar-refractivity contribution in [3.05, 3.63) is 35.4 Å². The normalized spacial score (nSPS) is 11.0. The molecule has 16 heavy (non-hydrogen) atoms. The lowest BCUT2D eigenvalue weighted by Gasteiger charge is -2.12.